The van der Waals surface area contributed by atoms with E-state index in [1.165, 1.54) is 30.6 Å². The van der Waals surface area contributed by atoms with Gasteiger partial charge < -0.3 is 14.8 Å². The highest BCUT2D eigenvalue weighted by atomic mass is 32.1. The number of methoxy groups -OCH3 is 1. The van der Waals surface area contributed by atoms with Gasteiger partial charge in [-0.05, 0) is 67.5 Å². The van der Waals surface area contributed by atoms with E-state index in [9.17, 15) is 22.8 Å². The zero-order valence-corrected chi connectivity index (χ0v) is 23.2. The fraction of sp³-hybridized carbons (Fsp3) is 0.323. The molecule has 6 nitrogen and oxygen atoms in total. The zero-order valence-electron chi connectivity index (χ0n) is 22.4. The number of thiazole rings is 1. The molecule has 1 aliphatic carbocycles. The number of aromatic nitrogens is 1. The molecule has 1 amide bonds. The largest absolute Gasteiger partial charge is 0.465 e. The Morgan fingerprint density at radius 3 is 2.46 bits per heavy atom. The molecule has 0 spiro atoms. The van der Waals surface area contributed by atoms with Crippen LogP contribution in [0.5, 0.6) is 0 Å². The van der Waals surface area contributed by atoms with Crippen molar-refractivity contribution in [3.05, 3.63) is 94.0 Å². The van der Waals surface area contributed by atoms with Crippen LogP contribution < -0.4 is 5.32 Å². The minimum Gasteiger partial charge on any atom is -0.465 e. The van der Waals surface area contributed by atoms with E-state index in [1.807, 2.05) is 18.2 Å². The lowest BCUT2D eigenvalue weighted by atomic mass is 9.83. The molecule has 10 heteroatoms. The number of fused-ring (bicyclic) bond motifs is 1. The first-order chi connectivity index (χ1) is 19.7. The van der Waals surface area contributed by atoms with E-state index in [1.54, 1.807) is 12.1 Å². The monoisotopic (exact) mass is 582 g/mol. The van der Waals surface area contributed by atoms with Gasteiger partial charge in [0.25, 0.3) is 5.91 Å². The Kier molecular flexibility index (Phi) is 8.70. The number of ether oxygens (including phenoxy) is 2. The molecule has 0 atom stereocenters. The predicted octanol–water partition coefficient (Wildman–Crippen LogP) is 7.84. The van der Waals surface area contributed by atoms with Crippen molar-refractivity contribution in [1.82, 2.24) is 4.98 Å². The van der Waals surface area contributed by atoms with Crippen LogP contribution in [0.15, 0.2) is 66.7 Å². The summed E-state index contributed by atoms with van der Waals surface area (Å²) in [5.74, 6) is -0.676. The lowest BCUT2D eigenvalue weighted by Gasteiger charge is -2.27. The summed E-state index contributed by atoms with van der Waals surface area (Å²) >= 11 is 1.50. The molecule has 0 saturated heterocycles. The van der Waals surface area contributed by atoms with Gasteiger partial charge in [0.2, 0.25) is 0 Å². The van der Waals surface area contributed by atoms with Crippen LogP contribution >= 0.6 is 11.3 Å². The van der Waals surface area contributed by atoms with Crippen molar-refractivity contribution in [3.8, 4) is 0 Å². The summed E-state index contributed by atoms with van der Waals surface area (Å²) in [5, 5.41) is 3.56. The molecule has 1 N–H and O–H groups in total. The number of benzene rings is 3. The highest BCUT2D eigenvalue weighted by Crippen LogP contribution is 2.40. The van der Waals surface area contributed by atoms with Gasteiger partial charge in [0.15, 0.2) is 0 Å². The predicted molar refractivity (Wildman–Crippen MR) is 151 cm³/mol. The Labute approximate surface area is 239 Å². The molecule has 0 aliphatic heterocycles. The highest BCUT2D eigenvalue weighted by molar-refractivity contribution is 7.18. The second-order valence-electron chi connectivity index (χ2n) is 10.2. The van der Waals surface area contributed by atoms with Gasteiger partial charge in [0, 0.05) is 18.1 Å². The van der Waals surface area contributed by atoms with Crippen molar-refractivity contribution < 1.29 is 32.2 Å². The average Bonchev–Trinajstić information content (AvgIpc) is 3.40. The molecular formula is C31H29F3N2O4S. The number of hydrogen-bond donors (Lipinski definition) is 1. The van der Waals surface area contributed by atoms with E-state index in [0.29, 0.717) is 18.0 Å². The van der Waals surface area contributed by atoms with Gasteiger partial charge in [0.1, 0.15) is 0 Å². The van der Waals surface area contributed by atoms with E-state index >= 15 is 0 Å². The van der Waals surface area contributed by atoms with Crippen LogP contribution in [0, 0.1) is 5.92 Å². The average molecular weight is 583 g/mol. The van der Waals surface area contributed by atoms with Gasteiger partial charge in [-0.2, -0.15) is 13.2 Å². The van der Waals surface area contributed by atoms with Crippen LogP contribution in [0.25, 0.3) is 10.2 Å². The third-order valence-corrected chi connectivity index (χ3v) is 8.49. The lowest BCUT2D eigenvalue weighted by molar-refractivity contribution is -0.137. The van der Waals surface area contributed by atoms with Crippen molar-refractivity contribution >= 4 is 39.1 Å². The molecule has 1 saturated carbocycles. The summed E-state index contributed by atoms with van der Waals surface area (Å²) in [5.41, 5.74) is 0.893. The second-order valence-corrected chi connectivity index (χ2v) is 11.2. The molecule has 5 rings (SSSR count). The van der Waals surface area contributed by atoms with Gasteiger partial charge in [0.05, 0.1) is 45.8 Å². The molecule has 3 aromatic carbocycles. The van der Waals surface area contributed by atoms with Crippen LogP contribution in [0.1, 0.15) is 68.5 Å². The summed E-state index contributed by atoms with van der Waals surface area (Å²) < 4.78 is 51.0. The van der Waals surface area contributed by atoms with E-state index in [-0.39, 0.29) is 22.7 Å². The van der Waals surface area contributed by atoms with Gasteiger partial charge in [-0.3, -0.25) is 4.79 Å². The highest BCUT2D eigenvalue weighted by Gasteiger charge is 2.31. The number of amides is 1. The van der Waals surface area contributed by atoms with E-state index in [2.05, 4.69) is 17.4 Å². The number of anilines is 1. The molecule has 41 heavy (non-hydrogen) atoms. The number of nitrogens with zero attached hydrogens (tertiary/aromatic N) is 1. The Hall–Kier alpha value is -3.76. The van der Waals surface area contributed by atoms with Crippen molar-refractivity contribution in [3.63, 3.8) is 0 Å². The number of carbonyl (C=O) groups is 2. The molecule has 0 bridgehead atoms. The Balaban J connectivity index is 1.28. The van der Waals surface area contributed by atoms with E-state index < -0.39 is 23.6 Å². The third-order valence-electron chi connectivity index (χ3n) is 7.31. The molecule has 0 unspecified atom stereocenters. The molecule has 1 heterocycles. The Bertz CT molecular complexity index is 1530. The number of carbonyl (C=O) groups excluding carboxylic acids is 2. The van der Waals surface area contributed by atoms with Gasteiger partial charge >= 0.3 is 12.1 Å². The number of halogens is 3. The van der Waals surface area contributed by atoms with Gasteiger partial charge in [-0.25, -0.2) is 9.78 Å². The Morgan fingerprint density at radius 1 is 1.00 bits per heavy atom. The van der Waals surface area contributed by atoms with Crippen molar-refractivity contribution in [2.45, 2.75) is 44.4 Å². The van der Waals surface area contributed by atoms with Crippen molar-refractivity contribution in [1.29, 1.82) is 0 Å². The van der Waals surface area contributed by atoms with Crippen LogP contribution in [-0.2, 0) is 22.3 Å². The fourth-order valence-corrected chi connectivity index (χ4v) is 6.23. The molecular weight excluding hydrogens is 553 g/mol. The summed E-state index contributed by atoms with van der Waals surface area (Å²) in [7, 11) is 1.22. The third kappa shape index (κ3) is 6.94. The minimum atomic E-state index is -4.58. The first-order valence-electron chi connectivity index (χ1n) is 13.3. The number of hydrogen-bond acceptors (Lipinski definition) is 6. The molecule has 4 aromatic rings. The number of alkyl halides is 3. The number of nitrogens with one attached hydrogen (secondary N) is 1. The summed E-state index contributed by atoms with van der Waals surface area (Å²) in [4.78, 5) is 30.2. The SMILES string of the molecule is COC(=O)c1cc2nc([C@H]3CC[C@H](COCc4ccccc4)CC3)sc2cc1NC(=O)c1cccc(C(F)(F)F)c1. The van der Waals surface area contributed by atoms with Crippen LogP contribution in [-0.4, -0.2) is 30.6 Å². The normalized spacial score (nSPS) is 17.4. The standard InChI is InChI=1S/C31H29F3N2O4S/c1-39-30(38)24-15-26-27(16-25(24)35-28(37)22-8-5-9-23(14-22)31(32,33)34)41-29(36-26)21-12-10-20(11-13-21)18-40-17-19-6-3-2-4-7-19/h2-9,14-16,20-21H,10-13,17-18H2,1H3,(H,35,37)/t20-,21-. The minimum absolute atomic E-state index is 0.0800. The maximum atomic E-state index is 13.1. The summed E-state index contributed by atoms with van der Waals surface area (Å²) in [6.07, 6.45) is -0.577. The first-order valence-corrected chi connectivity index (χ1v) is 14.2. The molecule has 1 aromatic heterocycles. The van der Waals surface area contributed by atoms with Crippen molar-refractivity contribution in [2.75, 3.05) is 19.0 Å². The number of rotatable bonds is 8. The Morgan fingerprint density at radius 2 is 1.76 bits per heavy atom. The van der Waals surface area contributed by atoms with Crippen LogP contribution in [0.3, 0.4) is 0 Å². The number of esters is 1. The molecule has 1 fully saturated rings. The van der Waals surface area contributed by atoms with Crippen LogP contribution in [0.4, 0.5) is 18.9 Å². The molecule has 0 radical (unpaired) electrons. The van der Waals surface area contributed by atoms with Gasteiger partial charge in [-0.1, -0.05) is 36.4 Å². The first kappa shape index (κ1) is 28.8. The fourth-order valence-electron chi connectivity index (χ4n) is 5.07. The molecule has 1 aliphatic rings. The smallest absolute Gasteiger partial charge is 0.416 e. The molecule has 214 valence electrons. The quantitative estimate of drug-likeness (QED) is 0.214. The summed E-state index contributed by atoms with van der Waals surface area (Å²) in [6.45, 7) is 1.33. The van der Waals surface area contributed by atoms with Crippen LogP contribution in [0.2, 0.25) is 0 Å². The van der Waals surface area contributed by atoms with E-state index in [0.717, 1.165) is 59.7 Å². The maximum absolute atomic E-state index is 13.1. The second kappa shape index (κ2) is 12.4. The topological polar surface area (TPSA) is 77.5 Å². The lowest BCUT2D eigenvalue weighted by Crippen LogP contribution is -2.17. The van der Waals surface area contributed by atoms with E-state index in [4.69, 9.17) is 14.5 Å². The maximum Gasteiger partial charge on any atom is 0.416 e. The van der Waals surface area contributed by atoms with Crippen molar-refractivity contribution in [2.24, 2.45) is 5.92 Å². The summed E-state index contributed by atoms with van der Waals surface area (Å²) in [6, 6.07) is 17.4. The van der Waals surface area contributed by atoms with Gasteiger partial charge in [-0.15, -0.1) is 11.3 Å². The zero-order chi connectivity index (χ0) is 29.0.